The maximum atomic E-state index is 13.6. The summed E-state index contributed by atoms with van der Waals surface area (Å²) in [6.07, 6.45) is 1.09. The number of halogens is 2. The minimum absolute atomic E-state index is 0.0519. The minimum atomic E-state index is -1.05. The molecule has 10 heteroatoms. The molecule has 1 aliphatic rings. The van der Waals surface area contributed by atoms with Crippen molar-refractivity contribution in [3.63, 3.8) is 0 Å². The molecule has 29 heavy (non-hydrogen) atoms. The summed E-state index contributed by atoms with van der Waals surface area (Å²) in [5.74, 6) is -2.45. The number of carbonyl (C=O) groups is 2. The lowest BCUT2D eigenvalue weighted by Crippen LogP contribution is -2.35. The van der Waals surface area contributed by atoms with Crippen molar-refractivity contribution in [3.8, 4) is 5.75 Å². The third-order valence-electron chi connectivity index (χ3n) is 3.95. The summed E-state index contributed by atoms with van der Waals surface area (Å²) >= 11 is 0. The normalized spacial score (nSPS) is 15.8. The molecule has 1 aliphatic heterocycles. The Balaban J connectivity index is 1.59. The van der Waals surface area contributed by atoms with Gasteiger partial charge in [0, 0.05) is 5.56 Å². The van der Waals surface area contributed by atoms with Gasteiger partial charge >= 0.3 is 0 Å². The van der Waals surface area contributed by atoms with Crippen LogP contribution >= 0.6 is 0 Å². The smallest absolute Gasteiger partial charge is 0.252 e. The lowest BCUT2D eigenvalue weighted by atomic mass is 10.2. The number of ether oxygens (including phenoxy) is 1. The van der Waals surface area contributed by atoms with Crippen LogP contribution in [-0.2, 0) is 9.59 Å². The molecule has 0 aliphatic carbocycles. The fraction of sp³-hybridized carbons (Fsp3) is 0.158. The summed E-state index contributed by atoms with van der Waals surface area (Å²) in [5, 5.41) is 8.52. The summed E-state index contributed by atoms with van der Waals surface area (Å²) in [6.45, 7) is 0. The van der Waals surface area contributed by atoms with Gasteiger partial charge in [0.15, 0.2) is 0 Å². The molecule has 0 saturated heterocycles. The lowest BCUT2D eigenvalue weighted by Gasteiger charge is -2.08. The Hall–Kier alpha value is -3.82. The van der Waals surface area contributed by atoms with Gasteiger partial charge in [0.25, 0.3) is 5.91 Å². The number of methoxy groups -OCH3 is 1. The van der Waals surface area contributed by atoms with Gasteiger partial charge in [0.1, 0.15) is 29.1 Å². The van der Waals surface area contributed by atoms with Crippen LogP contribution in [0.5, 0.6) is 5.75 Å². The molecule has 0 bridgehead atoms. The van der Waals surface area contributed by atoms with E-state index in [0.29, 0.717) is 11.3 Å². The van der Waals surface area contributed by atoms with E-state index in [1.165, 1.54) is 19.4 Å². The van der Waals surface area contributed by atoms with Crippen LogP contribution in [0.25, 0.3) is 0 Å². The van der Waals surface area contributed by atoms with Crippen molar-refractivity contribution in [2.45, 2.75) is 12.5 Å². The Bertz CT molecular complexity index is 973. The average Bonchev–Trinajstić information content (AvgIpc) is 3.04. The first-order valence-electron chi connectivity index (χ1n) is 8.52. The highest BCUT2D eigenvalue weighted by molar-refractivity contribution is 6.07. The molecule has 0 radical (unpaired) electrons. The number of rotatable bonds is 6. The molecule has 8 nitrogen and oxygen atoms in total. The summed E-state index contributed by atoms with van der Waals surface area (Å²) in [7, 11) is 1.53. The number of nitrogens with zero attached hydrogens (tertiary/aromatic N) is 2. The first-order valence-corrected chi connectivity index (χ1v) is 8.52. The fourth-order valence-electron chi connectivity index (χ4n) is 2.56. The molecule has 3 N–H and O–H groups in total. The predicted octanol–water partition coefficient (Wildman–Crippen LogP) is 1.78. The van der Waals surface area contributed by atoms with Gasteiger partial charge in [-0.15, -0.1) is 0 Å². The van der Waals surface area contributed by atoms with Gasteiger partial charge in [-0.3, -0.25) is 14.9 Å². The van der Waals surface area contributed by atoms with Crippen LogP contribution in [0.3, 0.4) is 0 Å². The zero-order chi connectivity index (χ0) is 20.8. The Morgan fingerprint density at radius 3 is 2.69 bits per heavy atom. The Morgan fingerprint density at radius 1 is 1.24 bits per heavy atom. The molecule has 2 aromatic rings. The number of amides is 2. The van der Waals surface area contributed by atoms with Crippen molar-refractivity contribution in [1.82, 2.24) is 10.7 Å². The summed E-state index contributed by atoms with van der Waals surface area (Å²) in [5.41, 5.74) is 2.70. The number of nitrogens with one attached hydrogen (secondary N) is 3. The zero-order valence-corrected chi connectivity index (χ0v) is 15.3. The molecular formula is C19H17F2N5O3. The van der Waals surface area contributed by atoms with Gasteiger partial charge in [0.2, 0.25) is 11.9 Å². The summed E-state index contributed by atoms with van der Waals surface area (Å²) in [4.78, 5) is 28.0. The van der Waals surface area contributed by atoms with E-state index >= 15 is 0 Å². The standard InChI is InChI=1S/C19H17F2N5O3/c1-29-15-8-3-2-5-11(15)10-22-26-19-23-14(18(28)25-19)9-16(27)24-17-12(20)6-4-7-13(17)21/h2-8,10,14H,9H2,1H3,(H,24,27)(H2,23,25,26,28)/b22-10+. The molecule has 1 heterocycles. The van der Waals surface area contributed by atoms with Crippen LogP contribution in [0.4, 0.5) is 14.5 Å². The van der Waals surface area contributed by atoms with Crippen molar-refractivity contribution in [3.05, 3.63) is 59.7 Å². The topological polar surface area (TPSA) is 104 Å². The molecule has 3 rings (SSSR count). The number of anilines is 1. The second-order valence-electron chi connectivity index (χ2n) is 5.94. The molecule has 2 amide bonds. The Labute approximate surface area is 164 Å². The van der Waals surface area contributed by atoms with E-state index in [1.54, 1.807) is 12.1 Å². The zero-order valence-electron chi connectivity index (χ0n) is 15.3. The number of hydrogen-bond donors (Lipinski definition) is 3. The van der Waals surface area contributed by atoms with Gasteiger partial charge in [-0.1, -0.05) is 18.2 Å². The number of para-hydroxylation sites is 2. The SMILES string of the molecule is COc1ccccc1/C=N/NC1=NC(CC(=O)Nc2c(F)cccc2F)C(=O)N1. The molecular weight excluding hydrogens is 384 g/mol. The first-order chi connectivity index (χ1) is 14.0. The van der Waals surface area contributed by atoms with Crippen molar-refractivity contribution >= 4 is 29.7 Å². The number of guanidine groups is 1. The van der Waals surface area contributed by atoms with Crippen molar-refractivity contribution in [1.29, 1.82) is 0 Å². The molecule has 0 spiro atoms. The number of benzene rings is 2. The minimum Gasteiger partial charge on any atom is -0.496 e. The maximum absolute atomic E-state index is 13.6. The quantitative estimate of drug-likeness (QED) is 0.507. The molecule has 0 fully saturated rings. The lowest BCUT2D eigenvalue weighted by molar-refractivity contribution is -0.123. The van der Waals surface area contributed by atoms with Crippen molar-refractivity contribution < 1.29 is 23.1 Å². The molecule has 1 unspecified atom stereocenters. The molecule has 2 aromatic carbocycles. The van der Waals surface area contributed by atoms with E-state index < -0.39 is 35.2 Å². The van der Waals surface area contributed by atoms with Crippen LogP contribution in [-0.4, -0.2) is 37.1 Å². The van der Waals surface area contributed by atoms with E-state index in [4.69, 9.17) is 4.74 Å². The molecule has 0 aromatic heterocycles. The van der Waals surface area contributed by atoms with E-state index in [-0.39, 0.29) is 12.4 Å². The fourth-order valence-corrected chi connectivity index (χ4v) is 2.56. The number of hydrazone groups is 1. The largest absolute Gasteiger partial charge is 0.496 e. The van der Waals surface area contributed by atoms with Crippen LogP contribution < -0.4 is 20.8 Å². The second-order valence-corrected chi connectivity index (χ2v) is 5.94. The van der Waals surface area contributed by atoms with Gasteiger partial charge in [-0.2, -0.15) is 5.10 Å². The van der Waals surface area contributed by atoms with Crippen LogP contribution in [0.1, 0.15) is 12.0 Å². The highest BCUT2D eigenvalue weighted by atomic mass is 19.1. The maximum Gasteiger partial charge on any atom is 0.252 e. The van der Waals surface area contributed by atoms with Crippen LogP contribution in [0.15, 0.2) is 52.6 Å². The van der Waals surface area contributed by atoms with Crippen molar-refractivity contribution in [2.24, 2.45) is 10.1 Å². The van der Waals surface area contributed by atoms with E-state index in [9.17, 15) is 18.4 Å². The first kappa shape index (κ1) is 19.9. The highest BCUT2D eigenvalue weighted by Crippen LogP contribution is 2.19. The summed E-state index contributed by atoms with van der Waals surface area (Å²) < 4.78 is 32.4. The van der Waals surface area contributed by atoms with E-state index in [1.807, 2.05) is 12.1 Å². The number of carbonyl (C=O) groups excluding carboxylic acids is 2. The van der Waals surface area contributed by atoms with E-state index in [2.05, 4.69) is 26.2 Å². The second kappa shape index (κ2) is 8.91. The third kappa shape index (κ3) is 4.92. The number of hydrogen-bond acceptors (Lipinski definition) is 6. The van der Waals surface area contributed by atoms with Crippen LogP contribution in [0, 0.1) is 11.6 Å². The van der Waals surface area contributed by atoms with Gasteiger partial charge in [-0.05, 0) is 24.3 Å². The Morgan fingerprint density at radius 2 is 1.97 bits per heavy atom. The molecule has 0 saturated carbocycles. The van der Waals surface area contributed by atoms with Crippen molar-refractivity contribution in [2.75, 3.05) is 12.4 Å². The number of aliphatic imine (C=N–C) groups is 1. The van der Waals surface area contributed by atoms with E-state index in [0.717, 1.165) is 12.1 Å². The average molecular weight is 401 g/mol. The monoisotopic (exact) mass is 401 g/mol. The van der Waals surface area contributed by atoms with Gasteiger partial charge < -0.3 is 10.1 Å². The predicted molar refractivity (Wildman–Crippen MR) is 103 cm³/mol. The van der Waals surface area contributed by atoms with Gasteiger partial charge in [0.05, 0.1) is 19.7 Å². The Kier molecular flexibility index (Phi) is 6.12. The summed E-state index contributed by atoms with van der Waals surface area (Å²) in [6, 6.07) is 9.34. The molecule has 1 atom stereocenters. The highest BCUT2D eigenvalue weighted by Gasteiger charge is 2.29. The molecule has 150 valence electrons. The van der Waals surface area contributed by atoms with Crippen LogP contribution in [0.2, 0.25) is 0 Å². The van der Waals surface area contributed by atoms with Gasteiger partial charge in [-0.25, -0.2) is 19.2 Å². The third-order valence-corrected chi connectivity index (χ3v) is 3.95.